The highest BCUT2D eigenvalue weighted by Gasteiger charge is 2.26. The van der Waals surface area contributed by atoms with Gasteiger partial charge in [0.2, 0.25) is 5.91 Å². The molecule has 1 unspecified atom stereocenters. The molecule has 0 radical (unpaired) electrons. The molecule has 7 heteroatoms. The topological polar surface area (TPSA) is 58.6 Å². The molecule has 2 heterocycles. The zero-order chi connectivity index (χ0) is 19.4. The van der Waals surface area contributed by atoms with Gasteiger partial charge in [0.15, 0.2) is 0 Å². The van der Waals surface area contributed by atoms with Gasteiger partial charge in [0.1, 0.15) is 6.54 Å². The molecule has 0 aliphatic carbocycles. The molecule has 1 aromatic carbocycles. The fraction of sp³-hybridized carbons (Fsp3) is 0.400. The summed E-state index contributed by atoms with van der Waals surface area (Å²) in [6.07, 6.45) is 1.90. The van der Waals surface area contributed by atoms with Crippen LogP contribution in [0.2, 0.25) is 0 Å². The molecule has 0 bridgehead atoms. The predicted molar refractivity (Wildman–Crippen MR) is 111 cm³/mol. The largest absolute Gasteiger partial charge is 0.376 e. The molecule has 5 nitrogen and oxygen atoms in total. The van der Waals surface area contributed by atoms with Crippen LogP contribution in [0.15, 0.2) is 34.1 Å². The van der Waals surface area contributed by atoms with E-state index in [1.165, 1.54) is 11.3 Å². The van der Waals surface area contributed by atoms with Crippen LogP contribution in [0.5, 0.6) is 0 Å². The quantitative estimate of drug-likeness (QED) is 0.709. The summed E-state index contributed by atoms with van der Waals surface area (Å²) in [5.41, 5.74) is 2.93. The minimum atomic E-state index is -0.203. The number of aryl methyl sites for hydroxylation is 1. The molecule has 1 N–H and O–H groups in total. The van der Waals surface area contributed by atoms with Crippen molar-refractivity contribution < 1.29 is 14.3 Å². The summed E-state index contributed by atoms with van der Waals surface area (Å²) in [5, 5.41) is 2.94. The minimum Gasteiger partial charge on any atom is -0.376 e. The van der Waals surface area contributed by atoms with Gasteiger partial charge in [0.05, 0.1) is 14.8 Å². The first-order valence-electron chi connectivity index (χ1n) is 8.96. The number of carbonyl (C=O) groups is 2. The van der Waals surface area contributed by atoms with E-state index in [0.717, 1.165) is 33.4 Å². The van der Waals surface area contributed by atoms with Crippen LogP contribution in [0, 0.1) is 13.8 Å². The second kappa shape index (κ2) is 8.99. The molecular formula is C20H23BrN2O3S. The lowest BCUT2D eigenvalue weighted by atomic mass is 10.1. The molecule has 0 spiro atoms. The highest BCUT2D eigenvalue weighted by atomic mass is 79.9. The first-order valence-corrected chi connectivity index (χ1v) is 10.6. The SMILES string of the molecule is Cc1cccc(NC(=O)CN(CC2CCCO2)C(=O)c2ccc(Br)s2)c1C. The number of hydrogen-bond donors (Lipinski definition) is 1. The first-order chi connectivity index (χ1) is 12.9. The molecular weight excluding hydrogens is 428 g/mol. The number of carbonyl (C=O) groups excluding carboxylic acids is 2. The van der Waals surface area contributed by atoms with Crippen LogP contribution in [0.25, 0.3) is 0 Å². The Hall–Kier alpha value is -1.70. The Morgan fingerprint density at radius 1 is 1.30 bits per heavy atom. The number of amides is 2. The van der Waals surface area contributed by atoms with E-state index in [1.807, 2.05) is 38.1 Å². The number of ether oxygens (including phenoxy) is 1. The molecule has 0 saturated carbocycles. The van der Waals surface area contributed by atoms with Gasteiger partial charge in [-0.25, -0.2) is 0 Å². The molecule has 1 aliphatic rings. The van der Waals surface area contributed by atoms with Crippen LogP contribution in [0.1, 0.15) is 33.6 Å². The van der Waals surface area contributed by atoms with Crippen LogP contribution in [-0.2, 0) is 9.53 Å². The second-order valence-corrected chi connectivity index (χ2v) is 9.18. The molecule has 1 aromatic heterocycles. The van der Waals surface area contributed by atoms with E-state index in [1.54, 1.807) is 11.0 Å². The summed E-state index contributed by atoms with van der Waals surface area (Å²) in [6.45, 7) is 5.12. The molecule has 144 valence electrons. The van der Waals surface area contributed by atoms with Crippen LogP contribution < -0.4 is 5.32 Å². The monoisotopic (exact) mass is 450 g/mol. The molecule has 1 saturated heterocycles. The fourth-order valence-electron chi connectivity index (χ4n) is 3.09. The van der Waals surface area contributed by atoms with E-state index in [2.05, 4.69) is 21.2 Å². The molecule has 3 rings (SSSR count). The van der Waals surface area contributed by atoms with Gasteiger partial charge < -0.3 is 15.0 Å². The Morgan fingerprint density at radius 2 is 2.11 bits per heavy atom. The number of halogens is 1. The smallest absolute Gasteiger partial charge is 0.264 e. The van der Waals surface area contributed by atoms with Gasteiger partial charge in [-0.15, -0.1) is 11.3 Å². The molecule has 1 atom stereocenters. The fourth-order valence-corrected chi connectivity index (χ4v) is 4.44. The third-order valence-corrected chi connectivity index (χ3v) is 6.34. The second-order valence-electron chi connectivity index (χ2n) is 6.72. The molecule has 2 aromatic rings. The molecule has 2 amide bonds. The van der Waals surface area contributed by atoms with Crippen LogP contribution >= 0.6 is 27.3 Å². The summed E-state index contributed by atoms with van der Waals surface area (Å²) in [7, 11) is 0. The van der Waals surface area contributed by atoms with Crippen molar-refractivity contribution in [2.45, 2.75) is 32.8 Å². The van der Waals surface area contributed by atoms with Crippen LogP contribution in [0.4, 0.5) is 5.69 Å². The standard InChI is InChI=1S/C20H23BrN2O3S/c1-13-5-3-7-16(14(13)2)22-19(24)12-23(11-15-6-4-10-26-15)20(25)17-8-9-18(21)27-17/h3,5,7-9,15H,4,6,10-12H2,1-2H3,(H,22,24). The van der Waals surface area contributed by atoms with Crippen LogP contribution in [-0.4, -0.2) is 42.5 Å². The van der Waals surface area contributed by atoms with E-state index < -0.39 is 0 Å². The van der Waals surface area contributed by atoms with Crippen molar-refractivity contribution in [1.82, 2.24) is 4.90 Å². The highest BCUT2D eigenvalue weighted by Crippen LogP contribution is 2.24. The Labute approximate surface area is 171 Å². The highest BCUT2D eigenvalue weighted by molar-refractivity contribution is 9.11. The molecule has 1 aliphatic heterocycles. The zero-order valence-corrected chi connectivity index (χ0v) is 17.9. The van der Waals surface area contributed by atoms with Gasteiger partial charge in [-0.3, -0.25) is 9.59 Å². The lowest BCUT2D eigenvalue weighted by molar-refractivity contribution is -0.117. The maximum absolute atomic E-state index is 12.9. The van der Waals surface area contributed by atoms with Crippen molar-refractivity contribution in [3.63, 3.8) is 0 Å². The number of hydrogen-bond acceptors (Lipinski definition) is 4. The van der Waals surface area contributed by atoms with E-state index >= 15 is 0 Å². The van der Waals surface area contributed by atoms with Gasteiger partial charge in [-0.2, -0.15) is 0 Å². The van der Waals surface area contributed by atoms with E-state index in [0.29, 0.717) is 18.0 Å². The van der Waals surface area contributed by atoms with Gasteiger partial charge in [0, 0.05) is 18.8 Å². The molecule has 1 fully saturated rings. The van der Waals surface area contributed by atoms with Crippen molar-refractivity contribution in [3.8, 4) is 0 Å². The lowest BCUT2D eigenvalue weighted by Gasteiger charge is -2.24. The van der Waals surface area contributed by atoms with Crippen molar-refractivity contribution >= 4 is 44.8 Å². The third-order valence-electron chi connectivity index (χ3n) is 4.73. The number of nitrogens with one attached hydrogen (secondary N) is 1. The van der Waals surface area contributed by atoms with Gasteiger partial charge in [0.25, 0.3) is 5.91 Å². The number of thiophene rings is 1. The van der Waals surface area contributed by atoms with Crippen LogP contribution in [0.3, 0.4) is 0 Å². The van der Waals surface area contributed by atoms with E-state index in [9.17, 15) is 9.59 Å². The van der Waals surface area contributed by atoms with Crippen molar-refractivity contribution in [2.24, 2.45) is 0 Å². The van der Waals surface area contributed by atoms with Crippen molar-refractivity contribution in [1.29, 1.82) is 0 Å². The van der Waals surface area contributed by atoms with Crippen molar-refractivity contribution in [3.05, 3.63) is 50.1 Å². The average Bonchev–Trinajstić information content (AvgIpc) is 3.29. The van der Waals surface area contributed by atoms with Gasteiger partial charge in [-0.05, 0) is 71.9 Å². The average molecular weight is 451 g/mol. The Kier molecular flexibility index (Phi) is 6.68. The van der Waals surface area contributed by atoms with Gasteiger partial charge in [-0.1, -0.05) is 12.1 Å². The van der Waals surface area contributed by atoms with E-state index in [4.69, 9.17) is 4.74 Å². The maximum Gasteiger partial charge on any atom is 0.264 e. The van der Waals surface area contributed by atoms with Crippen molar-refractivity contribution in [2.75, 3.05) is 25.0 Å². The summed E-state index contributed by atoms with van der Waals surface area (Å²) in [4.78, 5) is 27.8. The third kappa shape index (κ3) is 5.18. The number of rotatable bonds is 6. The predicted octanol–water partition coefficient (Wildman–Crippen LogP) is 4.39. The summed E-state index contributed by atoms with van der Waals surface area (Å²) >= 11 is 4.76. The summed E-state index contributed by atoms with van der Waals surface area (Å²) in [5.74, 6) is -0.344. The first kappa shape index (κ1) is 20.0. The maximum atomic E-state index is 12.9. The van der Waals surface area contributed by atoms with E-state index in [-0.39, 0.29) is 24.5 Å². The lowest BCUT2D eigenvalue weighted by Crippen LogP contribution is -2.42. The summed E-state index contributed by atoms with van der Waals surface area (Å²) in [6, 6.07) is 9.42. The Morgan fingerprint density at radius 3 is 2.78 bits per heavy atom. The molecule has 27 heavy (non-hydrogen) atoms. The number of benzene rings is 1. The Balaban J connectivity index is 1.72. The normalized spacial score (nSPS) is 16.3. The number of anilines is 1. The summed E-state index contributed by atoms with van der Waals surface area (Å²) < 4.78 is 6.57. The zero-order valence-electron chi connectivity index (χ0n) is 15.5. The number of nitrogens with zero attached hydrogens (tertiary/aromatic N) is 1. The van der Waals surface area contributed by atoms with Gasteiger partial charge >= 0.3 is 0 Å². The Bertz CT molecular complexity index is 830. The minimum absolute atomic E-state index is 0.00158.